The predicted octanol–water partition coefficient (Wildman–Crippen LogP) is 2.62. The van der Waals surface area contributed by atoms with E-state index in [-0.39, 0.29) is 29.3 Å². The second-order valence-corrected chi connectivity index (χ2v) is 7.74. The van der Waals surface area contributed by atoms with Gasteiger partial charge >= 0.3 is 0 Å². The van der Waals surface area contributed by atoms with Crippen LogP contribution in [-0.2, 0) is 28.0 Å². The van der Waals surface area contributed by atoms with Gasteiger partial charge < -0.3 is 14.2 Å². The molecule has 5 rings (SSSR count). The van der Waals surface area contributed by atoms with E-state index in [9.17, 15) is 9.18 Å². The average Bonchev–Trinajstić information content (AvgIpc) is 3.43. The van der Waals surface area contributed by atoms with Crippen LogP contribution in [0.2, 0.25) is 0 Å². The van der Waals surface area contributed by atoms with Crippen LogP contribution in [-0.4, -0.2) is 50.8 Å². The van der Waals surface area contributed by atoms with E-state index in [2.05, 4.69) is 20.3 Å². The molecule has 2 aliphatic heterocycles. The lowest BCUT2D eigenvalue weighted by Crippen LogP contribution is -2.48. The van der Waals surface area contributed by atoms with E-state index in [1.165, 1.54) is 11.6 Å². The topological polar surface area (TPSA) is 97.1 Å². The average molecular weight is 411 g/mol. The highest BCUT2D eigenvalue weighted by Gasteiger charge is 2.43. The summed E-state index contributed by atoms with van der Waals surface area (Å²) in [5, 5.41) is 11.1. The highest BCUT2D eigenvalue weighted by atomic mass is 19.1. The number of aryl methyl sites for hydroxylation is 1. The number of hydrogen-bond donors (Lipinski definition) is 1. The number of nitrogens with one attached hydrogen (secondary N) is 1. The van der Waals surface area contributed by atoms with Crippen LogP contribution in [0.15, 0.2) is 35.0 Å². The number of aromatic nitrogens is 4. The number of carbonyl (C=O) groups excluding carboxylic acids is 1. The van der Waals surface area contributed by atoms with Gasteiger partial charge in [-0.1, -0.05) is 17.3 Å². The monoisotopic (exact) mass is 411 g/mol. The third-order valence-electron chi connectivity index (χ3n) is 5.98. The first-order valence-corrected chi connectivity index (χ1v) is 10.2. The molecule has 1 amide bonds. The molecule has 0 atom stereocenters. The normalized spacial score (nSPS) is 17.8. The van der Waals surface area contributed by atoms with Gasteiger partial charge in [0.05, 0.1) is 24.1 Å². The first kappa shape index (κ1) is 18.9. The molecular weight excluding hydrogens is 389 g/mol. The van der Waals surface area contributed by atoms with E-state index in [0.29, 0.717) is 32.0 Å². The van der Waals surface area contributed by atoms with Crippen molar-refractivity contribution in [2.75, 3.05) is 19.7 Å². The summed E-state index contributed by atoms with van der Waals surface area (Å²) in [6, 6.07) is 6.26. The molecule has 0 radical (unpaired) electrons. The third-order valence-corrected chi connectivity index (χ3v) is 5.98. The molecule has 2 aromatic heterocycles. The van der Waals surface area contributed by atoms with E-state index in [0.717, 1.165) is 25.0 Å². The molecule has 0 bridgehead atoms. The molecule has 1 aromatic carbocycles. The maximum absolute atomic E-state index is 13.9. The first-order chi connectivity index (χ1) is 14.6. The second kappa shape index (κ2) is 7.64. The molecule has 1 fully saturated rings. The molecule has 1 saturated heterocycles. The maximum atomic E-state index is 13.9. The highest BCUT2D eigenvalue weighted by Crippen LogP contribution is 2.40. The minimum Gasteiger partial charge on any atom is -0.368 e. The molecule has 156 valence electrons. The van der Waals surface area contributed by atoms with Crippen molar-refractivity contribution in [1.29, 1.82) is 0 Å². The van der Waals surface area contributed by atoms with Gasteiger partial charge in [-0.2, -0.15) is 10.1 Å². The van der Waals surface area contributed by atoms with E-state index in [4.69, 9.17) is 9.26 Å². The van der Waals surface area contributed by atoms with Gasteiger partial charge in [-0.15, -0.1) is 0 Å². The fourth-order valence-corrected chi connectivity index (χ4v) is 4.32. The van der Waals surface area contributed by atoms with Crippen LogP contribution in [0.25, 0.3) is 11.4 Å². The van der Waals surface area contributed by atoms with E-state index in [1.807, 2.05) is 11.1 Å². The molecule has 3 aromatic rings. The Bertz CT molecular complexity index is 1050. The van der Waals surface area contributed by atoms with Crippen molar-refractivity contribution in [2.45, 2.75) is 37.7 Å². The van der Waals surface area contributed by atoms with Gasteiger partial charge in [0.15, 0.2) is 0 Å². The Labute approximate surface area is 172 Å². The van der Waals surface area contributed by atoms with Gasteiger partial charge in [0.2, 0.25) is 17.6 Å². The number of aromatic amines is 1. The number of hydrogen-bond acceptors (Lipinski definition) is 6. The number of likely N-dealkylation sites (tertiary alicyclic amines) is 1. The Hall–Kier alpha value is -3.07. The van der Waals surface area contributed by atoms with Gasteiger partial charge in [-0.05, 0) is 37.0 Å². The van der Waals surface area contributed by atoms with Crippen LogP contribution in [0.5, 0.6) is 0 Å². The number of nitrogens with zero attached hydrogens (tertiary/aromatic N) is 4. The number of carbonyl (C=O) groups is 1. The molecule has 9 heteroatoms. The molecule has 0 saturated carbocycles. The Morgan fingerprint density at radius 3 is 2.93 bits per heavy atom. The third kappa shape index (κ3) is 3.39. The number of amides is 1. The van der Waals surface area contributed by atoms with Gasteiger partial charge in [0, 0.05) is 25.9 Å². The van der Waals surface area contributed by atoms with Crippen LogP contribution in [0.3, 0.4) is 0 Å². The molecule has 0 aliphatic carbocycles. The van der Waals surface area contributed by atoms with Gasteiger partial charge in [-0.25, -0.2) is 4.39 Å². The van der Waals surface area contributed by atoms with E-state index >= 15 is 0 Å². The fraction of sp³-hybridized carbons (Fsp3) is 0.429. The molecule has 2 aliphatic rings. The van der Waals surface area contributed by atoms with Crippen molar-refractivity contribution >= 4 is 5.91 Å². The summed E-state index contributed by atoms with van der Waals surface area (Å²) in [7, 11) is 0. The number of piperidine rings is 1. The molecular formula is C21H22FN5O3. The van der Waals surface area contributed by atoms with Gasteiger partial charge in [-0.3, -0.25) is 9.89 Å². The summed E-state index contributed by atoms with van der Waals surface area (Å²) in [6.45, 7) is 1.94. The lowest BCUT2D eigenvalue weighted by atomic mass is 9.83. The summed E-state index contributed by atoms with van der Waals surface area (Å²) in [6.07, 6.45) is 4.81. The maximum Gasteiger partial charge on any atom is 0.227 e. The Morgan fingerprint density at radius 2 is 2.10 bits per heavy atom. The number of halogens is 1. The Balaban J connectivity index is 1.18. The molecule has 30 heavy (non-hydrogen) atoms. The number of H-pyrrole nitrogens is 1. The van der Waals surface area contributed by atoms with Crippen molar-refractivity contribution in [1.82, 2.24) is 25.2 Å². The summed E-state index contributed by atoms with van der Waals surface area (Å²) < 4.78 is 25.2. The Morgan fingerprint density at radius 1 is 1.27 bits per heavy atom. The van der Waals surface area contributed by atoms with Crippen LogP contribution in [0, 0.1) is 5.82 Å². The van der Waals surface area contributed by atoms with Crippen LogP contribution in [0.1, 0.15) is 36.4 Å². The van der Waals surface area contributed by atoms with Crippen LogP contribution in [0.4, 0.5) is 4.39 Å². The fourth-order valence-electron chi connectivity index (χ4n) is 4.32. The summed E-state index contributed by atoms with van der Waals surface area (Å²) >= 11 is 0. The highest BCUT2D eigenvalue weighted by molar-refractivity contribution is 5.76. The van der Waals surface area contributed by atoms with Gasteiger partial charge in [0.25, 0.3) is 0 Å². The predicted molar refractivity (Wildman–Crippen MR) is 104 cm³/mol. The largest absolute Gasteiger partial charge is 0.368 e. The minimum atomic E-state index is -0.409. The van der Waals surface area contributed by atoms with Gasteiger partial charge in [0.1, 0.15) is 11.4 Å². The molecule has 1 spiro atoms. The molecule has 0 unspecified atom stereocenters. The molecule has 1 N–H and O–H groups in total. The van der Waals surface area contributed by atoms with Crippen molar-refractivity contribution in [2.24, 2.45) is 0 Å². The zero-order chi connectivity index (χ0) is 20.6. The molecule has 4 heterocycles. The summed E-state index contributed by atoms with van der Waals surface area (Å²) in [4.78, 5) is 18.8. The van der Waals surface area contributed by atoms with Crippen molar-refractivity contribution in [3.8, 4) is 11.4 Å². The zero-order valence-electron chi connectivity index (χ0n) is 16.4. The van der Waals surface area contributed by atoms with Crippen molar-refractivity contribution in [3.05, 3.63) is 53.4 Å². The van der Waals surface area contributed by atoms with E-state index < -0.39 is 5.82 Å². The lowest BCUT2D eigenvalue weighted by Gasteiger charge is -2.43. The smallest absolute Gasteiger partial charge is 0.227 e. The first-order valence-electron chi connectivity index (χ1n) is 10.2. The van der Waals surface area contributed by atoms with Crippen molar-refractivity contribution < 1.29 is 18.4 Å². The van der Waals surface area contributed by atoms with Crippen molar-refractivity contribution in [3.63, 3.8) is 0 Å². The number of benzene rings is 1. The number of ether oxygens (including phenoxy) is 1. The van der Waals surface area contributed by atoms with Crippen LogP contribution >= 0.6 is 0 Å². The SMILES string of the molecule is O=C(CCc1nc(-c2ccccc2F)no1)N1CCC2(CC1)OCCc1cn[nH]c12. The standard InChI is InChI=1S/C21H22FN5O3/c22-16-4-2-1-3-15(16)20-24-17(30-26-20)5-6-18(28)27-10-8-21(9-11-27)19-14(7-12-29-21)13-23-25-19/h1-4,13H,5-12H2,(H,23,25). The summed E-state index contributed by atoms with van der Waals surface area (Å²) in [5.74, 6) is 0.151. The second-order valence-electron chi connectivity index (χ2n) is 7.74. The molecule has 8 nitrogen and oxygen atoms in total. The number of fused-ring (bicyclic) bond motifs is 2. The Kier molecular flexibility index (Phi) is 4.82. The van der Waals surface area contributed by atoms with Crippen LogP contribution < -0.4 is 0 Å². The lowest BCUT2D eigenvalue weighted by molar-refractivity contribution is -0.141. The number of rotatable bonds is 4. The zero-order valence-corrected chi connectivity index (χ0v) is 16.4. The summed E-state index contributed by atoms with van der Waals surface area (Å²) in [5.41, 5.74) is 2.20. The quantitative estimate of drug-likeness (QED) is 0.709. The van der Waals surface area contributed by atoms with E-state index in [1.54, 1.807) is 18.2 Å². The minimum absolute atomic E-state index is 0.0381.